The van der Waals surface area contributed by atoms with Crippen molar-refractivity contribution in [3.8, 4) is 11.1 Å². The highest BCUT2D eigenvalue weighted by atomic mass is 16.6. The van der Waals surface area contributed by atoms with Gasteiger partial charge in [-0.05, 0) is 107 Å². The highest BCUT2D eigenvalue weighted by molar-refractivity contribution is 5.99. The second-order valence-corrected chi connectivity index (χ2v) is 14.7. The number of ether oxygens (including phenoxy) is 2. The molecule has 0 unspecified atom stereocenters. The van der Waals surface area contributed by atoms with E-state index in [1.165, 1.54) is 0 Å². The summed E-state index contributed by atoms with van der Waals surface area (Å²) in [5.41, 5.74) is 5.27. The first-order valence-corrected chi connectivity index (χ1v) is 18.0. The first-order valence-electron chi connectivity index (χ1n) is 18.0. The molecular formula is C40H52N6O5. The lowest BCUT2D eigenvalue weighted by Gasteiger charge is -2.29. The Kier molecular flexibility index (Phi) is 12.5. The molecule has 1 saturated heterocycles. The van der Waals surface area contributed by atoms with Gasteiger partial charge < -0.3 is 35.7 Å². The van der Waals surface area contributed by atoms with Gasteiger partial charge in [0.25, 0.3) is 0 Å². The second-order valence-electron chi connectivity index (χ2n) is 14.7. The normalized spacial score (nSPS) is 18.3. The summed E-state index contributed by atoms with van der Waals surface area (Å²) in [6, 6.07) is 16.5. The van der Waals surface area contributed by atoms with E-state index in [0.717, 1.165) is 59.6 Å². The standard InChI is InChI=1S/C40H52N6O5/c1-26-21-36(46-17-19-50-20-18-46)42-25-34(26)32-8-6-7-29(22-32)23-35(38(48)44-33-15-13-30(14-16-33)27(2)41)45-37(47)31-11-9-28(10-12-31)24-43-39(49)51-40(3,4)5/h6-8,13-16,21-22,25,28,31,35,41H,9-12,17-20,23-24H2,1-5H3,(H,43,49)(H,44,48)(H,45,47)/t28?,31?,35-/m0/s1. The number of nitrogens with zero attached hydrogens (tertiary/aromatic N) is 2. The minimum atomic E-state index is -0.814. The zero-order valence-electron chi connectivity index (χ0n) is 30.5. The van der Waals surface area contributed by atoms with Gasteiger partial charge in [-0.15, -0.1) is 0 Å². The van der Waals surface area contributed by atoms with Crippen molar-refractivity contribution in [2.45, 2.75) is 78.4 Å². The first-order chi connectivity index (χ1) is 24.3. The van der Waals surface area contributed by atoms with Crippen molar-refractivity contribution in [3.63, 3.8) is 0 Å². The van der Waals surface area contributed by atoms with E-state index in [0.29, 0.717) is 50.4 Å². The minimum absolute atomic E-state index is 0.140. The quantitative estimate of drug-likeness (QED) is 0.173. The van der Waals surface area contributed by atoms with E-state index in [2.05, 4.69) is 39.9 Å². The summed E-state index contributed by atoms with van der Waals surface area (Å²) in [5.74, 6) is 0.525. The molecule has 3 amide bonds. The molecule has 11 heteroatoms. The summed E-state index contributed by atoms with van der Waals surface area (Å²) in [4.78, 5) is 46.6. The molecular weight excluding hydrogens is 644 g/mol. The fourth-order valence-electron chi connectivity index (χ4n) is 6.61. The lowest BCUT2D eigenvalue weighted by molar-refractivity contribution is -0.130. The zero-order valence-corrected chi connectivity index (χ0v) is 30.5. The van der Waals surface area contributed by atoms with E-state index < -0.39 is 17.7 Å². The summed E-state index contributed by atoms with van der Waals surface area (Å²) >= 11 is 0. The molecule has 51 heavy (non-hydrogen) atoms. The average Bonchev–Trinajstić information content (AvgIpc) is 3.10. The van der Waals surface area contributed by atoms with Crippen LogP contribution in [-0.2, 0) is 25.5 Å². The molecule has 0 spiro atoms. The van der Waals surface area contributed by atoms with Crippen LogP contribution in [0.4, 0.5) is 16.3 Å². The first kappa shape index (κ1) is 37.5. The molecule has 2 aliphatic rings. The van der Waals surface area contributed by atoms with E-state index in [9.17, 15) is 14.4 Å². The summed E-state index contributed by atoms with van der Waals surface area (Å²) in [6.45, 7) is 12.8. The number of morpholine rings is 1. The number of pyridine rings is 1. The highest BCUT2D eigenvalue weighted by Gasteiger charge is 2.30. The van der Waals surface area contributed by atoms with Gasteiger partial charge in [0.2, 0.25) is 11.8 Å². The van der Waals surface area contributed by atoms with E-state index >= 15 is 0 Å². The molecule has 4 N–H and O–H groups in total. The Balaban J connectivity index is 1.27. The Morgan fingerprint density at radius 1 is 1.02 bits per heavy atom. The molecule has 1 aromatic heterocycles. The predicted octanol–water partition coefficient (Wildman–Crippen LogP) is 6.28. The predicted molar refractivity (Wildman–Crippen MR) is 200 cm³/mol. The number of rotatable bonds is 11. The van der Waals surface area contributed by atoms with Gasteiger partial charge in [0.15, 0.2) is 0 Å². The molecule has 1 atom stereocenters. The van der Waals surface area contributed by atoms with Crippen LogP contribution < -0.4 is 20.9 Å². The van der Waals surface area contributed by atoms with Crippen LogP contribution >= 0.6 is 0 Å². The van der Waals surface area contributed by atoms with E-state index in [1.54, 1.807) is 31.2 Å². The Bertz CT molecular complexity index is 1690. The van der Waals surface area contributed by atoms with Gasteiger partial charge in [0, 0.05) is 55.1 Å². The van der Waals surface area contributed by atoms with Crippen LogP contribution in [0.5, 0.6) is 0 Å². The SMILES string of the molecule is CC(=N)c1ccc(NC(=O)[C@H](Cc2cccc(-c3cnc(N4CCOCC4)cc3C)c2)NC(=O)C2CCC(CNC(=O)OC(C)(C)C)CC2)cc1. The van der Waals surface area contributed by atoms with Gasteiger partial charge in [0.1, 0.15) is 17.5 Å². The highest BCUT2D eigenvalue weighted by Crippen LogP contribution is 2.30. The zero-order chi connectivity index (χ0) is 36.5. The molecule has 1 aliphatic carbocycles. The van der Waals surface area contributed by atoms with Gasteiger partial charge in [-0.3, -0.25) is 9.59 Å². The third-order valence-electron chi connectivity index (χ3n) is 9.48. The molecule has 2 heterocycles. The van der Waals surface area contributed by atoms with Crippen LogP contribution in [0, 0.1) is 24.2 Å². The third kappa shape index (κ3) is 10.9. The molecule has 11 nitrogen and oxygen atoms in total. The molecule has 0 bridgehead atoms. The number of carbonyl (C=O) groups is 3. The number of hydrogen-bond acceptors (Lipinski definition) is 8. The van der Waals surface area contributed by atoms with Crippen LogP contribution in [0.2, 0.25) is 0 Å². The van der Waals surface area contributed by atoms with E-state index in [1.807, 2.05) is 45.2 Å². The summed E-state index contributed by atoms with van der Waals surface area (Å²) in [5, 5.41) is 16.8. The molecule has 3 aromatic rings. The van der Waals surface area contributed by atoms with Crippen molar-refractivity contribution in [2.75, 3.05) is 43.1 Å². The Morgan fingerprint density at radius 2 is 1.73 bits per heavy atom. The van der Waals surface area contributed by atoms with Crippen molar-refractivity contribution < 1.29 is 23.9 Å². The number of benzene rings is 2. The van der Waals surface area contributed by atoms with Gasteiger partial charge in [0.05, 0.1) is 13.2 Å². The minimum Gasteiger partial charge on any atom is -0.444 e. The molecule has 0 radical (unpaired) electrons. The number of carbonyl (C=O) groups excluding carboxylic acids is 3. The van der Waals surface area contributed by atoms with Crippen molar-refractivity contribution in [3.05, 3.63) is 77.5 Å². The van der Waals surface area contributed by atoms with Gasteiger partial charge in [-0.2, -0.15) is 0 Å². The maximum atomic E-state index is 13.8. The Labute approximate surface area is 301 Å². The number of amides is 3. The monoisotopic (exact) mass is 696 g/mol. The molecule has 2 fully saturated rings. The van der Waals surface area contributed by atoms with Crippen molar-refractivity contribution in [1.82, 2.24) is 15.6 Å². The van der Waals surface area contributed by atoms with Crippen LogP contribution in [-0.4, -0.2) is 73.1 Å². The summed E-state index contributed by atoms with van der Waals surface area (Å²) in [7, 11) is 0. The molecule has 1 saturated carbocycles. The van der Waals surface area contributed by atoms with Gasteiger partial charge in [-0.25, -0.2) is 9.78 Å². The number of anilines is 2. The second kappa shape index (κ2) is 17.0. The van der Waals surface area contributed by atoms with Crippen molar-refractivity contribution in [2.24, 2.45) is 11.8 Å². The molecule has 272 valence electrons. The molecule has 1 aliphatic heterocycles. The van der Waals surface area contributed by atoms with Crippen molar-refractivity contribution >= 4 is 35.1 Å². The summed E-state index contributed by atoms with van der Waals surface area (Å²) < 4.78 is 10.9. The van der Waals surface area contributed by atoms with Crippen molar-refractivity contribution in [1.29, 1.82) is 5.41 Å². The number of alkyl carbamates (subject to hydrolysis) is 1. The maximum absolute atomic E-state index is 13.8. The smallest absolute Gasteiger partial charge is 0.407 e. The van der Waals surface area contributed by atoms with Gasteiger partial charge in [-0.1, -0.05) is 36.4 Å². The van der Waals surface area contributed by atoms with E-state index in [4.69, 9.17) is 19.9 Å². The lowest BCUT2D eigenvalue weighted by Crippen LogP contribution is -2.48. The molecule has 2 aromatic carbocycles. The average molecular weight is 697 g/mol. The number of aryl methyl sites for hydroxylation is 1. The largest absolute Gasteiger partial charge is 0.444 e. The maximum Gasteiger partial charge on any atom is 0.407 e. The topological polar surface area (TPSA) is 146 Å². The number of aromatic nitrogens is 1. The van der Waals surface area contributed by atoms with Crippen LogP contribution in [0.25, 0.3) is 11.1 Å². The van der Waals surface area contributed by atoms with Gasteiger partial charge >= 0.3 is 6.09 Å². The lowest BCUT2D eigenvalue weighted by atomic mass is 9.81. The van der Waals surface area contributed by atoms with Crippen LogP contribution in [0.3, 0.4) is 0 Å². The summed E-state index contributed by atoms with van der Waals surface area (Å²) in [6.07, 6.45) is 4.72. The molecule has 5 rings (SSSR count). The fraction of sp³-hybridized carbons (Fsp3) is 0.475. The Hall–Kier alpha value is -4.77. The van der Waals surface area contributed by atoms with Crippen LogP contribution in [0.1, 0.15) is 70.1 Å². The fourth-order valence-corrected chi connectivity index (χ4v) is 6.61. The number of hydrogen-bond donors (Lipinski definition) is 4. The number of nitrogens with one attached hydrogen (secondary N) is 4. The third-order valence-corrected chi connectivity index (χ3v) is 9.48. The van der Waals surface area contributed by atoms with Crippen LogP contribution in [0.15, 0.2) is 60.8 Å². The Morgan fingerprint density at radius 3 is 2.37 bits per heavy atom. The van der Waals surface area contributed by atoms with E-state index in [-0.39, 0.29) is 23.7 Å².